The highest BCUT2D eigenvalue weighted by Crippen LogP contribution is 2.22. The molecule has 7 nitrogen and oxygen atoms in total. The number of ether oxygens (including phenoxy) is 1. The van der Waals surface area contributed by atoms with Crippen molar-refractivity contribution in [3.8, 4) is 5.75 Å². The van der Waals surface area contributed by atoms with Crippen molar-refractivity contribution < 1.29 is 23.8 Å². The summed E-state index contributed by atoms with van der Waals surface area (Å²) < 4.78 is 10.4. The molecule has 0 radical (unpaired) electrons. The molecule has 1 atom stereocenters. The number of hydrogen-bond donors (Lipinski definition) is 1. The molecule has 7 heteroatoms. The summed E-state index contributed by atoms with van der Waals surface area (Å²) in [5.41, 5.74) is 0.783. The van der Waals surface area contributed by atoms with Crippen molar-refractivity contribution in [1.82, 2.24) is 5.32 Å². The van der Waals surface area contributed by atoms with Crippen molar-refractivity contribution in [2.75, 3.05) is 6.61 Å². The van der Waals surface area contributed by atoms with Gasteiger partial charge in [-0.15, -0.1) is 0 Å². The number of aryl methyl sites for hydroxylation is 1. The molecule has 0 aliphatic heterocycles. The standard InChI is InChI=1S/C16H17NO6/c1-3-10-6-15(19)23-13-7-11(4-5-12(10)13)22-8-14(18)17-9(2)16(20)21/h4-7,9H,3,8H2,1-2H3,(H,17,18)(H,20,21)/p-1/t9-/m0/s1. The molecule has 1 heterocycles. The summed E-state index contributed by atoms with van der Waals surface area (Å²) in [6, 6.07) is 5.25. The molecule has 1 amide bonds. The van der Waals surface area contributed by atoms with E-state index < -0.39 is 23.5 Å². The van der Waals surface area contributed by atoms with E-state index in [4.69, 9.17) is 9.15 Å². The minimum Gasteiger partial charge on any atom is -0.548 e. The van der Waals surface area contributed by atoms with Crippen LogP contribution in [0, 0.1) is 0 Å². The van der Waals surface area contributed by atoms with Crippen LogP contribution in [0.4, 0.5) is 0 Å². The molecule has 0 aliphatic carbocycles. The molecule has 23 heavy (non-hydrogen) atoms. The van der Waals surface area contributed by atoms with Crippen LogP contribution < -0.4 is 20.8 Å². The van der Waals surface area contributed by atoms with Crippen LogP contribution >= 0.6 is 0 Å². The Morgan fingerprint density at radius 2 is 2.09 bits per heavy atom. The molecule has 1 aromatic carbocycles. The summed E-state index contributed by atoms with van der Waals surface area (Å²) in [5, 5.41) is 13.6. The van der Waals surface area contributed by atoms with Crippen molar-refractivity contribution in [3.63, 3.8) is 0 Å². The van der Waals surface area contributed by atoms with E-state index in [0.29, 0.717) is 17.8 Å². The van der Waals surface area contributed by atoms with Crippen LogP contribution in [-0.2, 0) is 16.0 Å². The second-order valence-electron chi connectivity index (χ2n) is 5.00. The molecule has 0 unspecified atom stereocenters. The van der Waals surface area contributed by atoms with E-state index in [-0.39, 0.29) is 6.61 Å². The predicted octanol–water partition coefficient (Wildman–Crippen LogP) is -0.0112. The Kier molecular flexibility index (Phi) is 5.00. The second kappa shape index (κ2) is 6.95. The lowest BCUT2D eigenvalue weighted by molar-refractivity contribution is -0.307. The van der Waals surface area contributed by atoms with E-state index in [1.165, 1.54) is 19.1 Å². The first-order valence-corrected chi connectivity index (χ1v) is 7.10. The van der Waals surface area contributed by atoms with Crippen LogP contribution in [0.5, 0.6) is 5.75 Å². The van der Waals surface area contributed by atoms with Crippen molar-refractivity contribution in [2.45, 2.75) is 26.3 Å². The maximum absolute atomic E-state index is 11.5. The van der Waals surface area contributed by atoms with Gasteiger partial charge in [0.05, 0.1) is 12.0 Å². The highest BCUT2D eigenvalue weighted by molar-refractivity contribution is 5.84. The van der Waals surface area contributed by atoms with Crippen LogP contribution in [0.1, 0.15) is 19.4 Å². The largest absolute Gasteiger partial charge is 0.548 e. The maximum Gasteiger partial charge on any atom is 0.336 e. The zero-order chi connectivity index (χ0) is 17.0. The Balaban J connectivity index is 2.11. The first-order chi connectivity index (χ1) is 10.9. The van der Waals surface area contributed by atoms with Gasteiger partial charge in [0.25, 0.3) is 5.91 Å². The summed E-state index contributed by atoms with van der Waals surface area (Å²) in [7, 11) is 0. The van der Waals surface area contributed by atoms with E-state index in [9.17, 15) is 19.5 Å². The fraction of sp³-hybridized carbons (Fsp3) is 0.312. The van der Waals surface area contributed by atoms with Crippen molar-refractivity contribution in [1.29, 1.82) is 0 Å². The van der Waals surface area contributed by atoms with Gasteiger partial charge in [0.2, 0.25) is 0 Å². The summed E-state index contributed by atoms with van der Waals surface area (Å²) in [4.78, 5) is 33.6. The van der Waals surface area contributed by atoms with Gasteiger partial charge < -0.3 is 24.4 Å². The third-order valence-corrected chi connectivity index (χ3v) is 3.28. The summed E-state index contributed by atoms with van der Waals surface area (Å²) >= 11 is 0. The van der Waals surface area contributed by atoms with Gasteiger partial charge in [-0.05, 0) is 31.0 Å². The molecule has 0 bridgehead atoms. The number of rotatable bonds is 6. The van der Waals surface area contributed by atoms with Crippen LogP contribution in [-0.4, -0.2) is 24.5 Å². The van der Waals surface area contributed by atoms with E-state index in [2.05, 4.69) is 5.32 Å². The van der Waals surface area contributed by atoms with E-state index in [1.54, 1.807) is 12.1 Å². The van der Waals surface area contributed by atoms with E-state index in [0.717, 1.165) is 10.9 Å². The maximum atomic E-state index is 11.5. The molecule has 0 aliphatic rings. The molecular formula is C16H16NO6-. The fourth-order valence-corrected chi connectivity index (χ4v) is 2.08. The predicted molar refractivity (Wildman–Crippen MR) is 80.0 cm³/mol. The Morgan fingerprint density at radius 3 is 2.74 bits per heavy atom. The molecule has 1 aromatic heterocycles. The van der Waals surface area contributed by atoms with Crippen molar-refractivity contribution in [3.05, 3.63) is 40.2 Å². The summed E-state index contributed by atoms with van der Waals surface area (Å²) in [5.74, 6) is -1.63. The van der Waals surface area contributed by atoms with Gasteiger partial charge in [-0.1, -0.05) is 6.92 Å². The van der Waals surface area contributed by atoms with E-state index in [1.807, 2.05) is 6.92 Å². The smallest absolute Gasteiger partial charge is 0.336 e. The van der Waals surface area contributed by atoms with Gasteiger partial charge in [0.15, 0.2) is 6.61 Å². The van der Waals surface area contributed by atoms with Gasteiger partial charge >= 0.3 is 5.63 Å². The highest BCUT2D eigenvalue weighted by atomic mass is 16.5. The van der Waals surface area contributed by atoms with Crippen molar-refractivity contribution in [2.24, 2.45) is 0 Å². The highest BCUT2D eigenvalue weighted by Gasteiger charge is 2.10. The lowest BCUT2D eigenvalue weighted by Crippen LogP contribution is -2.47. The van der Waals surface area contributed by atoms with Gasteiger partial charge in [-0.25, -0.2) is 4.79 Å². The number of hydrogen-bond acceptors (Lipinski definition) is 6. The minimum atomic E-state index is -1.38. The molecule has 0 spiro atoms. The zero-order valence-corrected chi connectivity index (χ0v) is 12.8. The number of fused-ring (bicyclic) bond motifs is 1. The number of nitrogens with one attached hydrogen (secondary N) is 1. The normalized spacial score (nSPS) is 11.9. The van der Waals surface area contributed by atoms with E-state index >= 15 is 0 Å². The molecule has 1 N–H and O–H groups in total. The average molecular weight is 318 g/mol. The summed E-state index contributed by atoms with van der Waals surface area (Å²) in [6.45, 7) is 2.87. The van der Waals surface area contributed by atoms with Crippen LogP contribution in [0.15, 0.2) is 33.5 Å². The lowest BCUT2D eigenvalue weighted by Gasteiger charge is -2.14. The minimum absolute atomic E-state index is 0.338. The fourth-order valence-electron chi connectivity index (χ4n) is 2.08. The number of aliphatic carboxylic acids is 1. The summed E-state index contributed by atoms with van der Waals surface area (Å²) in [6.07, 6.45) is 0.686. The van der Waals surface area contributed by atoms with Crippen LogP contribution in [0.2, 0.25) is 0 Å². The van der Waals surface area contributed by atoms with Gasteiger partial charge in [-0.2, -0.15) is 0 Å². The third-order valence-electron chi connectivity index (χ3n) is 3.28. The average Bonchev–Trinajstić information content (AvgIpc) is 2.51. The zero-order valence-electron chi connectivity index (χ0n) is 12.8. The van der Waals surface area contributed by atoms with Gasteiger partial charge in [0.1, 0.15) is 11.3 Å². The molecule has 0 fully saturated rings. The van der Waals surface area contributed by atoms with Crippen LogP contribution in [0.25, 0.3) is 11.0 Å². The molecule has 2 rings (SSSR count). The van der Waals surface area contributed by atoms with Gasteiger partial charge in [0, 0.05) is 17.5 Å². The monoisotopic (exact) mass is 318 g/mol. The molecular weight excluding hydrogens is 302 g/mol. The van der Waals surface area contributed by atoms with Crippen molar-refractivity contribution >= 4 is 22.8 Å². The molecule has 2 aromatic rings. The number of amides is 1. The van der Waals surface area contributed by atoms with Gasteiger partial charge in [-0.3, -0.25) is 4.79 Å². The molecule has 0 saturated carbocycles. The number of carboxylic acids is 1. The van der Waals surface area contributed by atoms with Crippen LogP contribution in [0.3, 0.4) is 0 Å². The SMILES string of the molecule is CCc1cc(=O)oc2cc(OCC(=O)N[C@@H](C)C(=O)[O-])ccc12. The second-order valence-corrected chi connectivity index (χ2v) is 5.00. The number of carbonyl (C=O) groups is 2. The first-order valence-electron chi connectivity index (χ1n) is 7.10. The third kappa shape index (κ3) is 4.09. The Bertz CT molecular complexity index is 795. The number of carbonyl (C=O) groups excluding carboxylic acids is 2. The first kappa shape index (κ1) is 16.5. The topological polar surface area (TPSA) is 109 Å². The molecule has 0 saturated heterocycles. The quantitative estimate of drug-likeness (QED) is 0.750. The number of benzene rings is 1. The Morgan fingerprint density at radius 1 is 1.35 bits per heavy atom. The lowest BCUT2D eigenvalue weighted by atomic mass is 10.1. The number of carboxylic acid groups (broad SMARTS) is 1. The Labute approximate surface area is 131 Å². The Hall–Kier alpha value is -2.83. The molecule has 122 valence electrons.